The average molecular weight is 1370 g/mol. The van der Waals surface area contributed by atoms with Crippen molar-refractivity contribution in [1.82, 2.24) is 19.9 Å². The van der Waals surface area contributed by atoms with E-state index in [2.05, 4.69) is 60.8 Å². The Labute approximate surface area is 521 Å². The van der Waals surface area contributed by atoms with Crippen molar-refractivity contribution >= 4 is 69.0 Å². The number of hydrogen-bond donors (Lipinski definition) is 1. The molecule has 28 heteroatoms. The van der Waals surface area contributed by atoms with Crippen LogP contribution in [-0.2, 0) is 39.0 Å². The van der Waals surface area contributed by atoms with E-state index in [9.17, 15) is 9.90 Å². The first kappa shape index (κ1) is 71.0. The van der Waals surface area contributed by atoms with E-state index in [-0.39, 0.29) is 84.2 Å². The number of aromatic nitrogens is 4. The Kier molecular flexibility index (Phi) is 31.9. The van der Waals surface area contributed by atoms with Gasteiger partial charge in [0.15, 0.2) is 29.1 Å². The number of azo groups is 4. The van der Waals surface area contributed by atoms with Gasteiger partial charge < -0.3 is 16.2 Å². The van der Waals surface area contributed by atoms with E-state index >= 15 is 0 Å². The molecule has 0 bridgehead atoms. The van der Waals surface area contributed by atoms with Crippen LogP contribution >= 0.6 is 0 Å². The molecular formula is C58H44Cl2N14O10Ru2. The number of pyridine rings is 4. The van der Waals surface area contributed by atoms with E-state index in [0.29, 0.717) is 23.3 Å². The van der Waals surface area contributed by atoms with Crippen LogP contribution < -0.4 is 42.4 Å². The standard InChI is InChI=1S/C14H10N2O2.4C11H9N3.2ClHO4.2Ru/c15-9-5-1-3-7-11(9)14(18)8-4-2-6-10(16)12(8)13(7)17;4*1-2-6-10(7-3-1)13-14-11-8-4-5-9-12-11;2*2-1(3,4)5;;/h1-6H,(H4,15,16,17,18);4*1-9H;2*(H,2,3,4,5);;/q;;;;;;;2*+2/p-4. The number of fused-ring (bicyclic) bond motifs is 2. The topological polar surface area (TPSA) is 423 Å². The maximum atomic E-state index is 12.3. The number of carbonyl (C=O) groups excluding carboxylic acids is 1. The van der Waals surface area contributed by atoms with Crippen LogP contribution in [0, 0.1) is 25.9 Å². The van der Waals surface area contributed by atoms with Crippen LogP contribution in [-0.4, -0.2) is 31.4 Å². The molecule has 0 saturated heterocycles. The second-order valence-corrected chi connectivity index (χ2v) is 17.3. The Hall–Kier alpha value is -9.23. The molecule has 5 aromatic carbocycles. The van der Waals surface area contributed by atoms with Gasteiger partial charge in [-0.05, 0) is 109 Å². The van der Waals surface area contributed by atoms with Crippen molar-refractivity contribution in [2.24, 2.45) is 40.9 Å². The normalized spacial score (nSPS) is 11.9. The minimum absolute atomic E-state index is 0. The van der Waals surface area contributed by atoms with Crippen LogP contribution in [0.15, 0.2) is 307 Å². The molecule has 0 aliphatic heterocycles. The van der Waals surface area contributed by atoms with Gasteiger partial charge in [-0.25, -0.2) is 57.2 Å². The Morgan fingerprint density at radius 2 is 0.686 bits per heavy atom. The summed E-state index contributed by atoms with van der Waals surface area (Å²) in [4.78, 5) is 28.4. The third-order valence-corrected chi connectivity index (χ3v) is 9.77. The minimum Gasteiger partial charge on any atom is -0.872 e. The van der Waals surface area contributed by atoms with Crippen LogP contribution in [0.25, 0.3) is 11.5 Å². The zero-order chi connectivity index (χ0) is 60.4. The summed E-state index contributed by atoms with van der Waals surface area (Å²) in [5, 5.41) is 52.1. The first-order chi connectivity index (χ1) is 40.4. The quantitative estimate of drug-likeness (QED) is 0.123. The van der Waals surface area contributed by atoms with Crippen molar-refractivity contribution in [3.05, 3.63) is 283 Å². The first-order valence-corrected chi connectivity index (χ1v) is 26.4. The number of benzene rings is 5. The molecule has 0 spiro atoms. The van der Waals surface area contributed by atoms with E-state index in [1.54, 1.807) is 36.9 Å². The van der Waals surface area contributed by atoms with Crippen LogP contribution in [0.4, 0.5) is 51.7 Å². The maximum Gasteiger partial charge on any atom is 2.00 e. The largest absolute Gasteiger partial charge is 2.00 e. The van der Waals surface area contributed by atoms with E-state index in [1.807, 2.05) is 194 Å². The Morgan fingerprint density at radius 1 is 0.395 bits per heavy atom. The van der Waals surface area contributed by atoms with Gasteiger partial charge in [-0.15, -0.1) is 67.1 Å². The molecule has 24 nitrogen and oxygen atoms in total. The number of nitrogens with zero attached hydrogens (tertiary/aromatic N) is 12. The minimum atomic E-state index is -4.94. The first-order valence-electron chi connectivity index (χ1n) is 23.9. The number of hydrogen-bond acceptors (Lipinski definition) is 23. The van der Waals surface area contributed by atoms with Gasteiger partial charge in [0.05, 0.1) is 28.5 Å². The number of ketones is 1. The smallest absolute Gasteiger partial charge is 0.872 e. The fraction of sp³-hybridized carbons (Fsp3) is 0. The SMILES string of the molecule is N=C1C=CC=C2C(=O)c3c([NH-])cccc3C([O-])=C12.[O-][Cl+3]([O-])([O-])[O-].[O-][Cl+3]([O-])([O-])[O-].[Ru+2].[Ru+2].c1ccc(N=Nc2ccccn2)cc1.c1ccc(N=Nc2ccccn2)cc1.c1ccc(N=Nc2ccccn2)cc1.c1ccc(N=Nc2ccccn2)cc1. The van der Waals surface area contributed by atoms with Crippen molar-refractivity contribution in [3.63, 3.8) is 0 Å². The molecule has 4 aromatic heterocycles. The van der Waals surface area contributed by atoms with Gasteiger partial charge in [0.1, 0.15) is 0 Å². The number of Topliss-reactive ketones (excluding diaryl/α,β-unsaturated/α-hetero) is 1. The predicted molar refractivity (Wildman–Crippen MR) is 286 cm³/mol. The van der Waals surface area contributed by atoms with Crippen molar-refractivity contribution in [2.75, 3.05) is 0 Å². The summed E-state index contributed by atoms with van der Waals surface area (Å²) in [6, 6.07) is 65.1. The molecule has 0 atom stereocenters. The average Bonchev–Trinajstić information content (AvgIpc) is 0.885. The molecule has 2 aliphatic carbocycles. The predicted octanol–water partition coefficient (Wildman–Crippen LogP) is 6.62. The van der Waals surface area contributed by atoms with E-state index in [1.165, 1.54) is 24.3 Å². The third kappa shape index (κ3) is 28.8. The summed E-state index contributed by atoms with van der Waals surface area (Å²) >= 11 is 0. The number of nitrogens with one attached hydrogen (secondary N) is 2. The number of halogens is 2. The molecule has 4 heterocycles. The molecule has 0 unspecified atom stereocenters. The van der Waals surface area contributed by atoms with Gasteiger partial charge in [0.2, 0.25) is 0 Å². The molecule has 11 rings (SSSR count). The number of allylic oxidation sites excluding steroid dienone is 5. The van der Waals surface area contributed by atoms with Crippen LogP contribution in [0.2, 0.25) is 0 Å². The summed E-state index contributed by atoms with van der Waals surface area (Å²) in [5.41, 5.74) is 11.9. The van der Waals surface area contributed by atoms with E-state index in [0.717, 1.165) is 22.7 Å². The maximum absolute atomic E-state index is 12.3. The Balaban J connectivity index is 0.000000270. The fourth-order valence-electron chi connectivity index (χ4n) is 6.31. The summed E-state index contributed by atoms with van der Waals surface area (Å²) in [5.74, 6) is 1.79. The van der Waals surface area contributed by atoms with E-state index < -0.39 is 20.5 Å². The Bertz CT molecular complexity index is 3130. The van der Waals surface area contributed by atoms with Crippen LogP contribution in [0.3, 0.4) is 0 Å². The van der Waals surface area contributed by atoms with Crippen molar-refractivity contribution in [3.8, 4) is 0 Å². The van der Waals surface area contributed by atoms with Crippen LogP contribution in [0.1, 0.15) is 15.9 Å². The molecule has 0 saturated carbocycles. The van der Waals surface area contributed by atoms with Gasteiger partial charge in [0.25, 0.3) is 0 Å². The fourth-order valence-corrected chi connectivity index (χ4v) is 6.31. The van der Waals surface area contributed by atoms with Crippen molar-refractivity contribution in [2.45, 2.75) is 0 Å². The zero-order valence-corrected chi connectivity index (χ0v) is 49.1. The summed E-state index contributed by atoms with van der Waals surface area (Å²) in [6.07, 6.45) is 11.4. The summed E-state index contributed by atoms with van der Waals surface area (Å²) < 4.78 is 67.9. The number of rotatable bonds is 8. The second kappa shape index (κ2) is 38.6. The molecule has 9 aromatic rings. The Morgan fingerprint density at radius 3 is 0.965 bits per heavy atom. The molecular weight excluding hydrogens is 1330 g/mol. The van der Waals surface area contributed by atoms with Gasteiger partial charge in [0, 0.05) is 41.5 Å². The van der Waals surface area contributed by atoms with Gasteiger partial charge in [-0.3, -0.25) is 4.79 Å². The molecule has 86 heavy (non-hydrogen) atoms. The van der Waals surface area contributed by atoms with Gasteiger partial charge >= 0.3 is 39.0 Å². The van der Waals surface area contributed by atoms with Gasteiger partial charge in [-0.1, -0.05) is 133 Å². The molecule has 0 amide bonds. The van der Waals surface area contributed by atoms with Crippen LogP contribution in [0.5, 0.6) is 0 Å². The summed E-state index contributed by atoms with van der Waals surface area (Å²) in [7, 11) is -9.89. The molecule has 436 valence electrons. The summed E-state index contributed by atoms with van der Waals surface area (Å²) in [6.45, 7) is 0. The number of carbonyl (C=O) groups is 1. The van der Waals surface area contributed by atoms with Crippen molar-refractivity contribution < 1.29 is 107 Å². The zero-order valence-electron chi connectivity index (χ0n) is 44.2. The van der Waals surface area contributed by atoms with Gasteiger partial charge in [-0.2, -0.15) is 0 Å². The van der Waals surface area contributed by atoms with Crippen molar-refractivity contribution in [1.29, 1.82) is 5.41 Å². The third-order valence-electron chi connectivity index (χ3n) is 9.77. The van der Waals surface area contributed by atoms with E-state index in [4.69, 9.17) is 48.4 Å². The molecule has 2 aliphatic rings. The monoisotopic (exact) mass is 1370 g/mol. The molecule has 2 N–H and O–H groups in total. The second-order valence-electron chi connectivity index (χ2n) is 15.8. The molecule has 0 fully saturated rings. The molecule has 0 radical (unpaired) electrons.